The van der Waals surface area contributed by atoms with E-state index in [1.807, 2.05) is 0 Å². The molecule has 4 N–H and O–H groups in total. The number of amides is 1. The molecule has 98 valence electrons. The molecule has 0 atom stereocenters. The zero-order chi connectivity index (χ0) is 14.4. The number of nitrogens with two attached hydrogens (primary N) is 2. The molecule has 3 rings (SSSR count). The lowest BCUT2D eigenvalue weighted by Gasteiger charge is -2.19. The summed E-state index contributed by atoms with van der Waals surface area (Å²) < 4.78 is 0. The molecule has 1 aliphatic rings. The minimum absolute atomic E-state index is 0.0390. The molecule has 0 saturated carbocycles. The maximum Gasteiger partial charge on any atom is 0.250 e. The minimum Gasteiger partial charge on any atom is -0.397 e. The highest BCUT2D eigenvalue weighted by Gasteiger charge is 2.32. The van der Waals surface area contributed by atoms with E-state index >= 15 is 0 Å². The van der Waals surface area contributed by atoms with Gasteiger partial charge in [-0.25, -0.2) is 0 Å². The summed E-state index contributed by atoms with van der Waals surface area (Å²) in [6.07, 6.45) is 0. The van der Waals surface area contributed by atoms with Gasteiger partial charge in [0.1, 0.15) is 0 Å². The molecule has 1 aliphatic carbocycles. The number of hydrogen-bond donors (Lipinski definition) is 2. The zero-order valence-electron chi connectivity index (χ0n) is 10.3. The lowest BCUT2D eigenvalue weighted by atomic mass is 9.82. The van der Waals surface area contributed by atoms with Crippen LogP contribution in [-0.4, -0.2) is 17.5 Å². The molecule has 5 heteroatoms. The molecule has 0 saturated heterocycles. The van der Waals surface area contributed by atoms with Gasteiger partial charge in [0.05, 0.1) is 16.8 Å². The van der Waals surface area contributed by atoms with Gasteiger partial charge >= 0.3 is 0 Å². The molecule has 2 aromatic carbocycles. The SMILES string of the molecule is NC(=O)c1ccc2c(c1N)C(=O)c1ccccc1C2=O. The number of carbonyl (C=O) groups excluding carboxylic acids is 3. The first kappa shape index (κ1) is 12.1. The first-order valence-corrected chi connectivity index (χ1v) is 5.93. The third kappa shape index (κ3) is 1.46. The van der Waals surface area contributed by atoms with Crippen LogP contribution in [0.25, 0.3) is 0 Å². The standard InChI is InChI=1S/C15H10N2O3/c16-12-10(15(17)20)6-5-9-11(12)14(19)8-4-2-1-3-7(8)13(9)18/h1-6H,16H2,(H2,17,20). The van der Waals surface area contributed by atoms with Gasteiger partial charge < -0.3 is 11.5 Å². The van der Waals surface area contributed by atoms with E-state index in [2.05, 4.69) is 0 Å². The summed E-state index contributed by atoms with van der Waals surface area (Å²) in [5, 5.41) is 0. The monoisotopic (exact) mass is 266 g/mol. The Kier molecular flexibility index (Phi) is 2.44. The number of benzene rings is 2. The van der Waals surface area contributed by atoms with E-state index in [0.717, 1.165) is 0 Å². The summed E-state index contributed by atoms with van der Waals surface area (Å²) in [5.41, 5.74) is 12.0. The molecule has 0 radical (unpaired) electrons. The van der Waals surface area contributed by atoms with Crippen LogP contribution in [0.3, 0.4) is 0 Å². The second kappa shape index (κ2) is 4.03. The van der Waals surface area contributed by atoms with Gasteiger partial charge in [-0.1, -0.05) is 24.3 Å². The number of hydrogen-bond acceptors (Lipinski definition) is 4. The number of fused-ring (bicyclic) bond motifs is 2. The van der Waals surface area contributed by atoms with Crippen LogP contribution >= 0.6 is 0 Å². The van der Waals surface area contributed by atoms with Crippen molar-refractivity contribution in [1.29, 1.82) is 0 Å². The van der Waals surface area contributed by atoms with Crippen molar-refractivity contribution in [3.05, 3.63) is 64.2 Å². The quantitative estimate of drug-likeness (QED) is 0.644. The number of carbonyl (C=O) groups is 3. The van der Waals surface area contributed by atoms with Crippen LogP contribution in [0.1, 0.15) is 42.2 Å². The molecule has 2 aromatic rings. The Hall–Kier alpha value is -2.95. The highest BCUT2D eigenvalue weighted by molar-refractivity contribution is 6.30. The van der Waals surface area contributed by atoms with E-state index in [-0.39, 0.29) is 33.9 Å². The molecule has 20 heavy (non-hydrogen) atoms. The van der Waals surface area contributed by atoms with E-state index in [9.17, 15) is 14.4 Å². The van der Waals surface area contributed by atoms with Crippen LogP contribution in [-0.2, 0) is 0 Å². The summed E-state index contributed by atoms with van der Waals surface area (Å²) in [7, 11) is 0. The number of nitrogen functional groups attached to an aromatic ring is 1. The molecule has 0 unspecified atom stereocenters. The second-order valence-corrected chi connectivity index (χ2v) is 4.52. The van der Waals surface area contributed by atoms with E-state index in [4.69, 9.17) is 11.5 Å². The van der Waals surface area contributed by atoms with Gasteiger partial charge in [0.15, 0.2) is 11.6 Å². The Labute approximate surface area is 114 Å². The van der Waals surface area contributed by atoms with Crippen LogP contribution < -0.4 is 11.5 Å². The average molecular weight is 266 g/mol. The Morgan fingerprint density at radius 2 is 1.45 bits per heavy atom. The van der Waals surface area contributed by atoms with Crippen molar-refractivity contribution >= 4 is 23.2 Å². The zero-order valence-corrected chi connectivity index (χ0v) is 10.3. The maximum absolute atomic E-state index is 12.5. The number of primary amides is 1. The minimum atomic E-state index is -0.732. The van der Waals surface area contributed by atoms with Crippen LogP contribution in [0.2, 0.25) is 0 Å². The van der Waals surface area contributed by atoms with E-state index in [1.54, 1.807) is 24.3 Å². The maximum atomic E-state index is 12.5. The molecule has 1 amide bonds. The van der Waals surface area contributed by atoms with E-state index in [1.165, 1.54) is 12.1 Å². The fourth-order valence-electron chi connectivity index (χ4n) is 2.43. The topological polar surface area (TPSA) is 103 Å². The normalized spacial score (nSPS) is 12.8. The van der Waals surface area contributed by atoms with Crippen molar-refractivity contribution in [3.8, 4) is 0 Å². The Balaban J connectivity index is 2.34. The van der Waals surface area contributed by atoms with E-state index in [0.29, 0.717) is 11.1 Å². The summed E-state index contributed by atoms with van der Waals surface area (Å²) in [4.78, 5) is 36.1. The Morgan fingerprint density at radius 3 is 2.05 bits per heavy atom. The van der Waals surface area contributed by atoms with E-state index < -0.39 is 5.91 Å². The fourth-order valence-corrected chi connectivity index (χ4v) is 2.43. The molecule has 0 aromatic heterocycles. The van der Waals surface area contributed by atoms with Crippen LogP contribution in [0, 0.1) is 0 Å². The van der Waals surface area contributed by atoms with Gasteiger partial charge in [0.2, 0.25) is 0 Å². The average Bonchev–Trinajstić information content (AvgIpc) is 2.44. The number of anilines is 1. The second-order valence-electron chi connectivity index (χ2n) is 4.52. The van der Waals surface area contributed by atoms with Gasteiger partial charge in [0, 0.05) is 16.7 Å². The molecule has 5 nitrogen and oxygen atoms in total. The summed E-state index contributed by atoms with van der Waals surface area (Å²) in [6.45, 7) is 0. The third-order valence-electron chi connectivity index (χ3n) is 3.40. The van der Waals surface area contributed by atoms with Crippen molar-refractivity contribution in [2.75, 3.05) is 5.73 Å². The molecule has 0 fully saturated rings. The summed E-state index contributed by atoms with van der Waals surface area (Å²) in [5.74, 6) is -1.38. The van der Waals surface area contributed by atoms with Crippen molar-refractivity contribution in [2.45, 2.75) is 0 Å². The molecular weight excluding hydrogens is 256 g/mol. The predicted molar refractivity (Wildman–Crippen MR) is 72.7 cm³/mol. The fraction of sp³-hybridized carbons (Fsp3) is 0. The lowest BCUT2D eigenvalue weighted by molar-refractivity contribution is 0.0977. The molecule has 0 bridgehead atoms. The number of ketones is 2. The first-order valence-electron chi connectivity index (χ1n) is 5.93. The van der Waals surface area contributed by atoms with Gasteiger partial charge in [0.25, 0.3) is 5.91 Å². The van der Waals surface area contributed by atoms with Crippen molar-refractivity contribution in [3.63, 3.8) is 0 Å². The van der Waals surface area contributed by atoms with Crippen LogP contribution in [0.4, 0.5) is 5.69 Å². The third-order valence-corrected chi connectivity index (χ3v) is 3.40. The van der Waals surface area contributed by atoms with Crippen molar-refractivity contribution in [2.24, 2.45) is 5.73 Å². The first-order chi connectivity index (χ1) is 9.52. The largest absolute Gasteiger partial charge is 0.397 e. The molecular formula is C15H10N2O3. The van der Waals surface area contributed by atoms with Gasteiger partial charge in [-0.15, -0.1) is 0 Å². The van der Waals surface area contributed by atoms with Crippen molar-refractivity contribution in [1.82, 2.24) is 0 Å². The molecule has 0 heterocycles. The smallest absolute Gasteiger partial charge is 0.250 e. The van der Waals surface area contributed by atoms with Crippen molar-refractivity contribution < 1.29 is 14.4 Å². The Morgan fingerprint density at radius 1 is 0.850 bits per heavy atom. The highest BCUT2D eigenvalue weighted by Crippen LogP contribution is 2.32. The Bertz CT molecular complexity index is 794. The molecule has 0 aliphatic heterocycles. The number of rotatable bonds is 1. The highest BCUT2D eigenvalue weighted by atomic mass is 16.1. The van der Waals surface area contributed by atoms with Crippen LogP contribution in [0.15, 0.2) is 36.4 Å². The summed E-state index contributed by atoms with van der Waals surface area (Å²) >= 11 is 0. The van der Waals surface area contributed by atoms with Gasteiger partial charge in [-0.2, -0.15) is 0 Å². The van der Waals surface area contributed by atoms with Gasteiger partial charge in [-0.3, -0.25) is 14.4 Å². The summed E-state index contributed by atoms with van der Waals surface area (Å²) in [6, 6.07) is 9.31. The molecule has 0 spiro atoms. The predicted octanol–water partition coefficient (Wildman–Crippen LogP) is 1.14. The van der Waals surface area contributed by atoms with Gasteiger partial charge in [-0.05, 0) is 12.1 Å². The lowest BCUT2D eigenvalue weighted by Crippen LogP contribution is -2.24. The van der Waals surface area contributed by atoms with Crippen LogP contribution in [0.5, 0.6) is 0 Å².